The number of halogens is 1. The highest BCUT2D eigenvalue weighted by Crippen LogP contribution is 2.48. The molecule has 0 spiro atoms. The first-order chi connectivity index (χ1) is 9.44. The van der Waals surface area contributed by atoms with E-state index in [1.165, 1.54) is 0 Å². The van der Waals surface area contributed by atoms with Gasteiger partial charge in [-0.05, 0) is 49.8 Å². The Labute approximate surface area is 125 Å². The largest absolute Gasteiger partial charge is 0.393 e. The zero-order valence-corrected chi connectivity index (χ0v) is 12.8. The molecule has 0 aliphatic heterocycles. The molecule has 1 amide bonds. The maximum atomic E-state index is 12.4. The van der Waals surface area contributed by atoms with E-state index < -0.39 is 0 Å². The number of aliphatic hydroxyl groups is 1. The van der Waals surface area contributed by atoms with Crippen molar-refractivity contribution in [1.29, 1.82) is 0 Å². The van der Waals surface area contributed by atoms with Gasteiger partial charge in [0.2, 0.25) is 5.91 Å². The van der Waals surface area contributed by atoms with Crippen molar-refractivity contribution >= 4 is 17.5 Å². The van der Waals surface area contributed by atoms with Crippen molar-refractivity contribution in [3.8, 4) is 0 Å². The average molecular weight is 296 g/mol. The normalized spacial score (nSPS) is 19.2. The molecule has 2 rings (SSSR count). The Morgan fingerprint density at radius 3 is 2.70 bits per heavy atom. The zero-order valence-electron chi connectivity index (χ0n) is 12.0. The highest BCUT2D eigenvalue weighted by Gasteiger charge is 2.51. The molecule has 20 heavy (non-hydrogen) atoms. The van der Waals surface area contributed by atoms with Crippen LogP contribution >= 0.6 is 11.6 Å². The fourth-order valence-corrected chi connectivity index (χ4v) is 2.85. The molecule has 1 aromatic carbocycles. The molecule has 1 aromatic rings. The molecule has 0 radical (unpaired) electrons. The van der Waals surface area contributed by atoms with Gasteiger partial charge in [-0.2, -0.15) is 0 Å². The minimum absolute atomic E-state index is 0.0807. The van der Waals surface area contributed by atoms with Crippen LogP contribution in [0.15, 0.2) is 24.3 Å². The molecule has 1 aliphatic carbocycles. The number of rotatable bonds is 6. The van der Waals surface area contributed by atoms with Gasteiger partial charge in [0.15, 0.2) is 0 Å². The van der Waals surface area contributed by atoms with Crippen LogP contribution in [-0.2, 0) is 10.2 Å². The monoisotopic (exact) mass is 295 g/mol. The fraction of sp³-hybridized carbons (Fsp3) is 0.562. The van der Waals surface area contributed by atoms with Crippen LogP contribution in [0, 0.1) is 5.92 Å². The Kier molecular flexibility index (Phi) is 4.71. The second kappa shape index (κ2) is 6.15. The third-order valence-electron chi connectivity index (χ3n) is 3.92. The molecule has 4 heteroatoms. The van der Waals surface area contributed by atoms with Gasteiger partial charge in [0.1, 0.15) is 0 Å². The van der Waals surface area contributed by atoms with Crippen molar-refractivity contribution in [3.05, 3.63) is 34.9 Å². The van der Waals surface area contributed by atoms with Crippen molar-refractivity contribution < 1.29 is 9.90 Å². The van der Waals surface area contributed by atoms with Gasteiger partial charge in [-0.3, -0.25) is 4.79 Å². The summed E-state index contributed by atoms with van der Waals surface area (Å²) in [6.45, 7) is 4.41. The number of hydrogen-bond acceptors (Lipinski definition) is 2. The lowest BCUT2D eigenvalue weighted by atomic mass is 9.94. The highest BCUT2D eigenvalue weighted by molar-refractivity contribution is 6.30. The van der Waals surface area contributed by atoms with E-state index in [-0.39, 0.29) is 23.3 Å². The van der Waals surface area contributed by atoms with Gasteiger partial charge >= 0.3 is 0 Å². The summed E-state index contributed by atoms with van der Waals surface area (Å²) < 4.78 is 0. The molecule has 0 bridgehead atoms. The van der Waals surface area contributed by atoms with Gasteiger partial charge in [0.05, 0.1) is 11.5 Å². The number of carbonyl (C=O) groups excluding carboxylic acids is 1. The molecule has 3 nitrogen and oxygen atoms in total. The van der Waals surface area contributed by atoms with Gasteiger partial charge < -0.3 is 10.4 Å². The summed E-state index contributed by atoms with van der Waals surface area (Å²) in [4.78, 5) is 12.4. The molecular formula is C16H22ClNO2. The molecule has 0 saturated heterocycles. The topological polar surface area (TPSA) is 49.3 Å². The van der Waals surface area contributed by atoms with E-state index in [2.05, 4.69) is 5.32 Å². The lowest BCUT2D eigenvalue weighted by Crippen LogP contribution is -2.37. The number of benzene rings is 1. The summed E-state index contributed by atoms with van der Waals surface area (Å²) in [5, 5.41) is 13.0. The van der Waals surface area contributed by atoms with Gasteiger partial charge in [-0.25, -0.2) is 0 Å². The van der Waals surface area contributed by atoms with Crippen molar-refractivity contribution in [3.63, 3.8) is 0 Å². The second-order valence-electron chi connectivity index (χ2n) is 5.99. The SMILES string of the molecule is CC(O)CC(C)CNC(=O)C1(c2cccc(Cl)c2)CC1. The Balaban J connectivity index is 1.95. The van der Waals surface area contributed by atoms with Gasteiger partial charge in [-0.15, -0.1) is 0 Å². The Morgan fingerprint density at radius 2 is 2.15 bits per heavy atom. The van der Waals surface area contributed by atoms with Crippen molar-refractivity contribution in [2.24, 2.45) is 5.92 Å². The average Bonchev–Trinajstić information content (AvgIpc) is 3.16. The number of hydrogen-bond donors (Lipinski definition) is 2. The van der Waals surface area contributed by atoms with Gasteiger partial charge in [0, 0.05) is 11.6 Å². The minimum atomic E-state index is -0.380. The van der Waals surface area contributed by atoms with E-state index in [0.717, 1.165) is 18.4 Å². The molecule has 0 aromatic heterocycles. The van der Waals surface area contributed by atoms with Crippen molar-refractivity contribution in [2.45, 2.75) is 44.6 Å². The van der Waals surface area contributed by atoms with Crippen LogP contribution < -0.4 is 5.32 Å². The number of aliphatic hydroxyl groups excluding tert-OH is 1. The van der Waals surface area contributed by atoms with E-state index >= 15 is 0 Å². The Hall–Kier alpha value is -1.06. The van der Waals surface area contributed by atoms with Crippen LogP contribution in [0.4, 0.5) is 0 Å². The lowest BCUT2D eigenvalue weighted by Gasteiger charge is -2.19. The highest BCUT2D eigenvalue weighted by atomic mass is 35.5. The van der Waals surface area contributed by atoms with Crippen molar-refractivity contribution in [2.75, 3.05) is 6.54 Å². The molecule has 1 fully saturated rings. The van der Waals surface area contributed by atoms with E-state index in [1.54, 1.807) is 6.92 Å². The number of amides is 1. The van der Waals surface area contributed by atoms with Gasteiger partial charge in [-0.1, -0.05) is 30.7 Å². The number of carbonyl (C=O) groups is 1. The van der Waals surface area contributed by atoms with E-state index in [9.17, 15) is 9.90 Å². The summed E-state index contributed by atoms with van der Waals surface area (Å²) in [6.07, 6.45) is 2.13. The first kappa shape index (κ1) is 15.3. The second-order valence-corrected chi connectivity index (χ2v) is 6.43. The molecule has 1 aliphatic rings. The third-order valence-corrected chi connectivity index (χ3v) is 4.15. The smallest absolute Gasteiger partial charge is 0.230 e. The van der Waals surface area contributed by atoms with Gasteiger partial charge in [0.25, 0.3) is 0 Å². The van der Waals surface area contributed by atoms with Crippen LogP contribution in [-0.4, -0.2) is 23.7 Å². The first-order valence-corrected chi connectivity index (χ1v) is 7.54. The minimum Gasteiger partial charge on any atom is -0.393 e. The first-order valence-electron chi connectivity index (χ1n) is 7.16. The molecule has 1 saturated carbocycles. The molecule has 2 N–H and O–H groups in total. The predicted molar refractivity (Wildman–Crippen MR) is 80.8 cm³/mol. The van der Waals surface area contributed by atoms with Crippen LogP contribution in [0.1, 0.15) is 38.7 Å². The summed E-state index contributed by atoms with van der Waals surface area (Å²) in [7, 11) is 0. The molecular weight excluding hydrogens is 274 g/mol. The molecule has 2 atom stereocenters. The van der Waals surface area contributed by atoms with Crippen LogP contribution in [0.3, 0.4) is 0 Å². The Bertz CT molecular complexity index is 483. The molecule has 0 heterocycles. The van der Waals surface area contributed by atoms with Crippen LogP contribution in [0.25, 0.3) is 0 Å². The van der Waals surface area contributed by atoms with Crippen LogP contribution in [0.5, 0.6) is 0 Å². The lowest BCUT2D eigenvalue weighted by molar-refractivity contribution is -0.123. The molecule has 2 unspecified atom stereocenters. The van der Waals surface area contributed by atoms with Crippen molar-refractivity contribution in [1.82, 2.24) is 5.32 Å². The van der Waals surface area contributed by atoms with E-state index in [0.29, 0.717) is 18.0 Å². The maximum absolute atomic E-state index is 12.4. The van der Waals surface area contributed by atoms with E-state index in [1.807, 2.05) is 31.2 Å². The number of nitrogens with one attached hydrogen (secondary N) is 1. The summed E-state index contributed by atoms with van der Waals surface area (Å²) >= 11 is 6.01. The van der Waals surface area contributed by atoms with E-state index in [4.69, 9.17) is 11.6 Å². The molecule has 110 valence electrons. The summed E-state index contributed by atoms with van der Waals surface area (Å²) in [6, 6.07) is 7.57. The maximum Gasteiger partial charge on any atom is 0.230 e. The third kappa shape index (κ3) is 3.53. The quantitative estimate of drug-likeness (QED) is 0.848. The Morgan fingerprint density at radius 1 is 1.45 bits per heavy atom. The summed E-state index contributed by atoms with van der Waals surface area (Å²) in [5.74, 6) is 0.353. The zero-order chi connectivity index (χ0) is 14.8. The predicted octanol–water partition coefficient (Wildman–Crippen LogP) is 2.89. The summed E-state index contributed by atoms with van der Waals surface area (Å²) in [5.41, 5.74) is 0.626. The standard InChI is InChI=1S/C16H22ClNO2/c1-11(8-12(2)19)10-18-15(20)16(6-7-16)13-4-3-5-14(17)9-13/h3-5,9,11-12,19H,6-8,10H2,1-2H3,(H,18,20). The van der Waals surface area contributed by atoms with Crippen LogP contribution in [0.2, 0.25) is 5.02 Å². The fourth-order valence-electron chi connectivity index (χ4n) is 2.66.